The van der Waals surface area contributed by atoms with Gasteiger partial charge in [0.1, 0.15) is 5.82 Å². The SMILES string of the molecule is CC(=O)N1CC(C(=O)NCc2ccccc2F)CC(c2cccc(C)c2)C1. The molecule has 2 atom stereocenters. The summed E-state index contributed by atoms with van der Waals surface area (Å²) in [6, 6.07) is 14.6. The first kappa shape index (κ1) is 19.1. The summed E-state index contributed by atoms with van der Waals surface area (Å²) in [6.07, 6.45) is 0.677. The van der Waals surface area contributed by atoms with Gasteiger partial charge in [-0.05, 0) is 25.0 Å². The maximum Gasteiger partial charge on any atom is 0.225 e. The zero-order valence-corrected chi connectivity index (χ0v) is 15.7. The van der Waals surface area contributed by atoms with Gasteiger partial charge in [0.2, 0.25) is 11.8 Å². The summed E-state index contributed by atoms with van der Waals surface area (Å²) < 4.78 is 13.8. The molecule has 2 unspecified atom stereocenters. The van der Waals surface area contributed by atoms with E-state index in [0.29, 0.717) is 25.1 Å². The molecule has 4 nitrogen and oxygen atoms in total. The highest BCUT2D eigenvalue weighted by Crippen LogP contribution is 2.31. The number of nitrogens with zero attached hydrogens (tertiary/aromatic N) is 1. The Hall–Kier alpha value is -2.69. The minimum Gasteiger partial charge on any atom is -0.352 e. The van der Waals surface area contributed by atoms with Crippen molar-refractivity contribution in [3.63, 3.8) is 0 Å². The Balaban J connectivity index is 1.72. The Morgan fingerprint density at radius 1 is 1.15 bits per heavy atom. The number of aryl methyl sites for hydroxylation is 1. The van der Waals surface area contributed by atoms with Gasteiger partial charge in [0.25, 0.3) is 0 Å². The highest BCUT2D eigenvalue weighted by molar-refractivity contribution is 5.81. The second-order valence-electron chi connectivity index (χ2n) is 7.28. The lowest BCUT2D eigenvalue weighted by Crippen LogP contribution is -2.47. The molecule has 1 fully saturated rings. The van der Waals surface area contributed by atoms with Crippen molar-refractivity contribution in [1.82, 2.24) is 10.2 Å². The summed E-state index contributed by atoms with van der Waals surface area (Å²) in [6.45, 7) is 4.74. The summed E-state index contributed by atoms with van der Waals surface area (Å²) >= 11 is 0. The minimum absolute atomic E-state index is 0.0285. The lowest BCUT2D eigenvalue weighted by atomic mass is 9.83. The van der Waals surface area contributed by atoms with E-state index < -0.39 is 0 Å². The van der Waals surface area contributed by atoms with Crippen LogP contribution in [0.4, 0.5) is 4.39 Å². The molecule has 3 rings (SSSR count). The van der Waals surface area contributed by atoms with E-state index in [1.807, 2.05) is 19.1 Å². The zero-order chi connectivity index (χ0) is 19.4. The Morgan fingerprint density at radius 2 is 1.93 bits per heavy atom. The Labute approximate surface area is 159 Å². The van der Waals surface area contributed by atoms with Crippen LogP contribution < -0.4 is 5.32 Å². The fourth-order valence-electron chi connectivity index (χ4n) is 3.68. The van der Waals surface area contributed by atoms with Crippen molar-refractivity contribution in [1.29, 1.82) is 0 Å². The van der Waals surface area contributed by atoms with Crippen LogP contribution in [0.15, 0.2) is 48.5 Å². The lowest BCUT2D eigenvalue weighted by Gasteiger charge is -2.37. The maximum atomic E-state index is 13.8. The van der Waals surface area contributed by atoms with E-state index in [1.165, 1.54) is 13.0 Å². The molecular formula is C22H25FN2O2. The summed E-state index contributed by atoms with van der Waals surface area (Å²) in [4.78, 5) is 26.4. The van der Waals surface area contributed by atoms with Crippen molar-refractivity contribution in [3.05, 3.63) is 71.0 Å². The topological polar surface area (TPSA) is 49.4 Å². The highest BCUT2D eigenvalue weighted by atomic mass is 19.1. The monoisotopic (exact) mass is 368 g/mol. The standard InChI is InChI=1S/C22H25FN2O2/c1-15-6-5-8-17(10-15)19-11-20(14-25(13-19)16(2)26)22(27)24-12-18-7-3-4-9-21(18)23/h3-10,19-20H,11-14H2,1-2H3,(H,24,27). The molecule has 0 saturated carbocycles. The first-order chi connectivity index (χ1) is 12.9. The van der Waals surface area contributed by atoms with Crippen LogP contribution in [0.25, 0.3) is 0 Å². The van der Waals surface area contributed by atoms with E-state index in [4.69, 9.17) is 0 Å². The molecule has 1 saturated heterocycles. The van der Waals surface area contributed by atoms with Gasteiger partial charge in [0.15, 0.2) is 0 Å². The molecule has 27 heavy (non-hydrogen) atoms. The molecule has 0 aliphatic carbocycles. The molecule has 0 spiro atoms. The number of carbonyl (C=O) groups excluding carboxylic acids is 2. The van der Waals surface area contributed by atoms with Crippen molar-refractivity contribution in [2.45, 2.75) is 32.7 Å². The van der Waals surface area contributed by atoms with Gasteiger partial charge in [-0.25, -0.2) is 4.39 Å². The first-order valence-electron chi connectivity index (χ1n) is 9.27. The van der Waals surface area contributed by atoms with Gasteiger partial charge in [0.05, 0.1) is 5.92 Å². The number of piperidine rings is 1. The number of hydrogen-bond donors (Lipinski definition) is 1. The normalized spacial score (nSPS) is 19.6. The van der Waals surface area contributed by atoms with E-state index in [-0.39, 0.29) is 36.0 Å². The number of nitrogens with one attached hydrogen (secondary N) is 1. The molecule has 1 aliphatic heterocycles. The molecule has 1 heterocycles. The Kier molecular flexibility index (Phi) is 5.89. The predicted molar refractivity (Wildman–Crippen MR) is 103 cm³/mol. The van der Waals surface area contributed by atoms with Crippen molar-refractivity contribution in [3.8, 4) is 0 Å². The van der Waals surface area contributed by atoms with Crippen LogP contribution in [0, 0.1) is 18.7 Å². The largest absolute Gasteiger partial charge is 0.352 e. The number of halogens is 1. The van der Waals surface area contributed by atoms with E-state index in [1.54, 1.807) is 23.1 Å². The predicted octanol–water partition coefficient (Wildman–Crippen LogP) is 3.40. The van der Waals surface area contributed by atoms with E-state index in [0.717, 1.165) is 11.1 Å². The summed E-state index contributed by atoms with van der Waals surface area (Å²) in [5, 5.41) is 2.84. The van der Waals surface area contributed by atoms with Gasteiger partial charge in [-0.3, -0.25) is 9.59 Å². The molecular weight excluding hydrogens is 343 g/mol. The number of rotatable bonds is 4. The number of benzene rings is 2. The van der Waals surface area contributed by atoms with E-state index in [9.17, 15) is 14.0 Å². The minimum atomic E-state index is -0.329. The molecule has 0 bridgehead atoms. The molecule has 0 aromatic heterocycles. The molecule has 0 radical (unpaired) electrons. The Morgan fingerprint density at radius 3 is 2.63 bits per heavy atom. The third-order valence-corrected chi connectivity index (χ3v) is 5.19. The van der Waals surface area contributed by atoms with E-state index >= 15 is 0 Å². The average Bonchev–Trinajstić information content (AvgIpc) is 2.66. The lowest BCUT2D eigenvalue weighted by molar-refractivity contribution is -0.134. The van der Waals surface area contributed by atoms with E-state index in [2.05, 4.69) is 17.4 Å². The first-order valence-corrected chi connectivity index (χ1v) is 9.27. The highest BCUT2D eigenvalue weighted by Gasteiger charge is 2.33. The molecule has 1 N–H and O–H groups in total. The zero-order valence-electron chi connectivity index (χ0n) is 15.7. The maximum absolute atomic E-state index is 13.8. The van der Waals surface area contributed by atoms with Gasteiger partial charge >= 0.3 is 0 Å². The number of likely N-dealkylation sites (tertiary alicyclic amines) is 1. The van der Waals surface area contributed by atoms with Crippen LogP contribution in [-0.2, 0) is 16.1 Å². The van der Waals surface area contributed by atoms with Gasteiger partial charge in [-0.2, -0.15) is 0 Å². The second kappa shape index (κ2) is 8.33. The van der Waals surface area contributed by atoms with Crippen molar-refractivity contribution in [2.75, 3.05) is 13.1 Å². The Bertz CT molecular complexity index is 837. The molecule has 142 valence electrons. The average molecular weight is 368 g/mol. The number of carbonyl (C=O) groups is 2. The third-order valence-electron chi connectivity index (χ3n) is 5.19. The van der Waals surface area contributed by atoms with Crippen LogP contribution in [0.2, 0.25) is 0 Å². The summed E-state index contributed by atoms with van der Waals surface area (Å²) in [5.41, 5.74) is 2.76. The quantitative estimate of drug-likeness (QED) is 0.899. The van der Waals surface area contributed by atoms with Gasteiger partial charge < -0.3 is 10.2 Å². The smallest absolute Gasteiger partial charge is 0.225 e. The van der Waals surface area contributed by atoms with Crippen molar-refractivity contribution in [2.24, 2.45) is 5.92 Å². The van der Waals surface area contributed by atoms with Crippen LogP contribution in [0.5, 0.6) is 0 Å². The molecule has 1 aliphatic rings. The summed E-state index contributed by atoms with van der Waals surface area (Å²) in [5.74, 6) is -0.683. The number of hydrogen-bond acceptors (Lipinski definition) is 2. The van der Waals surface area contributed by atoms with Gasteiger partial charge in [-0.1, -0.05) is 48.0 Å². The van der Waals surface area contributed by atoms with Gasteiger partial charge in [0, 0.05) is 38.0 Å². The molecule has 2 aromatic carbocycles. The summed E-state index contributed by atoms with van der Waals surface area (Å²) in [7, 11) is 0. The van der Waals surface area contributed by atoms with Crippen LogP contribution in [0.1, 0.15) is 36.0 Å². The molecule has 2 aromatic rings. The van der Waals surface area contributed by atoms with Crippen molar-refractivity contribution >= 4 is 11.8 Å². The second-order valence-corrected chi connectivity index (χ2v) is 7.28. The van der Waals surface area contributed by atoms with Crippen molar-refractivity contribution < 1.29 is 14.0 Å². The molecule has 2 amide bonds. The number of amides is 2. The molecule has 5 heteroatoms. The third kappa shape index (κ3) is 4.73. The fraction of sp³-hybridized carbons (Fsp3) is 0.364. The van der Waals surface area contributed by atoms with Crippen LogP contribution in [-0.4, -0.2) is 29.8 Å². The van der Waals surface area contributed by atoms with Gasteiger partial charge in [-0.15, -0.1) is 0 Å². The van der Waals surface area contributed by atoms with Crippen LogP contribution >= 0.6 is 0 Å². The fourth-order valence-corrected chi connectivity index (χ4v) is 3.68. The van der Waals surface area contributed by atoms with Crippen LogP contribution in [0.3, 0.4) is 0 Å².